The third kappa shape index (κ3) is 2.46. The second-order valence-corrected chi connectivity index (χ2v) is 4.82. The molecule has 0 saturated heterocycles. The first kappa shape index (κ1) is 13.2. The fourth-order valence-corrected chi connectivity index (χ4v) is 2.36. The quantitative estimate of drug-likeness (QED) is 0.763. The van der Waals surface area contributed by atoms with E-state index in [1.165, 1.54) is 0 Å². The van der Waals surface area contributed by atoms with E-state index >= 15 is 0 Å². The van der Waals surface area contributed by atoms with E-state index in [1.54, 1.807) is 0 Å². The van der Waals surface area contributed by atoms with Gasteiger partial charge in [0.2, 0.25) is 0 Å². The summed E-state index contributed by atoms with van der Waals surface area (Å²) in [6.07, 6.45) is 1.91. The van der Waals surface area contributed by atoms with Crippen molar-refractivity contribution in [2.75, 3.05) is 11.4 Å². The number of hydrogen-bond donors (Lipinski definition) is 0. The van der Waals surface area contributed by atoms with Gasteiger partial charge in [-0.25, -0.2) is 0 Å². The molecule has 0 fully saturated rings. The van der Waals surface area contributed by atoms with Crippen molar-refractivity contribution in [3.63, 3.8) is 0 Å². The molecule has 0 spiro atoms. The fraction of sp³-hybridized carbons (Fsp3) is 0.235. The summed E-state index contributed by atoms with van der Waals surface area (Å²) in [6.45, 7) is 8.95. The number of rotatable bonds is 4. The van der Waals surface area contributed by atoms with Crippen molar-refractivity contribution >= 4 is 16.5 Å². The first-order valence-corrected chi connectivity index (χ1v) is 6.48. The van der Waals surface area contributed by atoms with Crippen LogP contribution in [-0.2, 0) is 0 Å². The number of hydrogen-bond acceptors (Lipinski definition) is 2. The van der Waals surface area contributed by atoms with E-state index in [0.717, 1.165) is 28.6 Å². The highest BCUT2D eigenvalue weighted by Gasteiger charge is 2.13. The van der Waals surface area contributed by atoms with Crippen LogP contribution in [0.5, 0.6) is 0 Å². The van der Waals surface area contributed by atoms with Crippen LogP contribution in [0.25, 0.3) is 10.8 Å². The zero-order valence-electron chi connectivity index (χ0n) is 11.4. The second-order valence-electron chi connectivity index (χ2n) is 4.82. The minimum atomic E-state index is 0.384. The molecule has 19 heavy (non-hydrogen) atoms. The van der Waals surface area contributed by atoms with Crippen LogP contribution in [0.1, 0.15) is 19.4 Å². The predicted octanol–water partition coefficient (Wildman–Crippen LogP) is 4.11. The van der Waals surface area contributed by atoms with Crippen molar-refractivity contribution in [2.24, 2.45) is 0 Å². The molecule has 2 aromatic rings. The van der Waals surface area contributed by atoms with E-state index in [9.17, 15) is 5.26 Å². The van der Waals surface area contributed by atoms with Gasteiger partial charge < -0.3 is 4.90 Å². The molecule has 0 unspecified atom stereocenters. The molecule has 2 rings (SSSR count). The van der Waals surface area contributed by atoms with Crippen molar-refractivity contribution in [1.82, 2.24) is 0 Å². The zero-order chi connectivity index (χ0) is 13.8. The standard InChI is InChI=1S/C17H18N2/c1-4-11-19(13(2)3)17-10-9-14(12-18)15-7-5-6-8-16(15)17/h4-10,13H,1,11H2,2-3H3. The van der Waals surface area contributed by atoms with Crippen LogP contribution in [-0.4, -0.2) is 12.6 Å². The fourth-order valence-electron chi connectivity index (χ4n) is 2.36. The van der Waals surface area contributed by atoms with Crippen LogP contribution < -0.4 is 4.90 Å². The van der Waals surface area contributed by atoms with E-state index in [2.05, 4.69) is 37.5 Å². The van der Waals surface area contributed by atoms with Crippen molar-refractivity contribution in [2.45, 2.75) is 19.9 Å². The highest BCUT2D eigenvalue weighted by molar-refractivity contribution is 5.98. The molecule has 0 aromatic heterocycles. The molecule has 2 aromatic carbocycles. The first-order chi connectivity index (χ1) is 9.19. The minimum absolute atomic E-state index is 0.384. The maximum atomic E-state index is 9.20. The van der Waals surface area contributed by atoms with Gasteiger partial charge in [-0.2, -0.15) is 5.26 Å². The van der Waals surface area contributed by atoms with Crippen molar-refractivity contribution < 1.29 is 0 Å². The van der Waals surface area contributed by atoms with Crippen LogP contribution in [0.15, 0.2) is 49.1 Å². The van der Waals surface area contributed by atoms with E-state index < -0.39 is 0 Å². The van der Waals surface area contributed by atoms with Crippen molar-refractivity contribution in [1.29, 1.82) is 5.26 Å². The average molecular weight is 250 g/mol. The van der Waals surface area contributed by atoms with Gasteiger partial charge in [-0.05, 0) is 26.0 Å². The Hall–Kier alpha value is -2.27. The molecular formula is C17H18N2. The summed E-state index contributed by atoms with van der Waals surface area (Å²) >= 11 is 0. The van der Waals surface area contributed by atoms with E-state index in [4.69, 9.17) is 0 Å². The zero-order valence-corrected chi connectivity index (χ0v) is 11.4. The lowest BCUT2D eigenvalue weighted by atomic mass is 10.0. The maximum absolute atomic E-state index is 9.20. The van der Waals surface area contributed by atoms with Gasteiger partial charge in [0, 0.05) is 29.0 Å². The van der Waals surface area contributed by atoms with Gasteiger partial charge in [0.05, 0.1) is 11.6 Å². The number of nitriles is 1. The molecule has 0 aliphatic heterocycles. The molecule has 0 bridgehead atoms. The monoisotopic (exact) mass is 250 g/mol. The molecule has 0 atom stereocenters. The molecule has 0 amide bonds. The Balaban J connectivity index is 2.68. The Labute approximate surface area is 114 Å². The van der Waals surface area contributed by atoms with E-state index in [-0.39, 0.29) is 0 Å². The number of nitrogens with zero attached hydrogens (tertiary/aromatic N) is 2. The van der Waals surface area contributed by atoms with Crippen molar-refractivity contribution in [3.8, 4) is 6.07 Å². The van der Waals surface area contributed by atoms with Gasteiger partial charge >= 0.3 is 0 Å². The number of benzene rings is 2. The summed E-state index contributed by atoms with van der Waals surface area (Å²) in [6, 6.07) is 14.6. The molecule has 0 saturated carbocycles. The summed E-state index contributed by atoms with van der Waals surface area (Å²) < 4.78 is 0. The molecule has 0 N–H and O–H groups in total. The van der Waals surface area contributed by atoms with Crippen molar-refractivity contribution in [3.05, 3.63) is 54.6 Å². The van der Waals surface area contributed by atoms with Crippen LogP contribution in [0.3, 0.4) is 0 Å². The Morgan fingerprint density at radius 2 is 1.89 bits per heavy atom. The molecule has 0 heterocycles. The van der Waals surface area contributed by atoms with Gasteiger partial charge in [0.1, 0.15) is 0 Å². The predicted molar refractivity (Wildman–Crippen MR) is 81.3 cm³/mol. The molecule has 2 nitrogen and oxygen atoms in total. The molecule has 0 radical (unpaired) electrons. The van der Waals surface area contributed by atoms with E-state index in [0.29, 0.717) is 6.04 Å². The Kier molecular flexibility index (Phi) is 3.87. The topological polar surface area (TPSA) is 27.0 Å². The lowest BCUT2D eigenvalue weighted by Gasteiger charge is -2.29. The third-order valence-electron chi connectivity index (χ3n) is 3.28. The van der Waals surface area contributed by atoms with Crippen LogP contribution in [0.4, 0.5) is 5.69 Å². The highest BCUT2D eigenvalue weighted by atomic mass is 15.1. The Morgan fingerprint density at radius 3 is 2.47 bits per heavy atom. The summed E-state index contributed by atoms with van der Waals surface area (Å²) in [5.74, 6) is 0. The Bertz CT molecular complexity index is 635. The number of fused-ring (bicyclic) bond motifs is 1. The van der Waals surface area contributed by atoms with Crippen LogP contribution in [0.2, 0.25) is 0 Å². The SMILES string of the molecule is C=CCN(c1ccc(C#N)c2ccccc12)C(C)C. The molecule has 96 valence electrons. The van der Waals surface area contributed by atoms with Gasteiger partial charge in [-0.3, -0.25) is 0 Å². The third-order valence-corrected chi connectivity index (χ3v) is 3.28. The van der Waals surface area contributed by atoms with Crippen LogP contribution in [0, 0.1) is 11.3 Å². The van der Waals surface area contributed by atoms with Crippen LogP contribution >= 0.6 is 0 Å². The first-order valence-electron chi connectivity index (χ1n) is 6.48. The van der Waals surface area contributed by atoms with Gasteiger partial charge in [-0.15, -0.1) is 6.58 Å². The van der Waals surface area contributed by atoms with Gasteiger partial charge in [0.25, 0.3) is 0 Å². The summed E-state index contributed by atoms with van der Waals surface area (Å²) in [7, 11) is 0. The molecular weight excluding hydrogens is 232 g/mol. The molecule has 0 aliphatic rings. The van der Waals surface area contributed by atoms with Gasteiger partial charge in [-0.1, -0.05) is 30.3 Å². The second kappa shape index (κ2) is 5.58. The lowest BCUT2D eigenvalue weighted by Crippen LogP contribution is -2.30. The molecule has 2 heteroatoms. The highest BCUT2D eigenvalue weighted by Crippen LogP contribution is 2.30. The lowest BCUT2D eigenvalue weighted by molar-refractivity contribution is 0.726. The average Bonchev–Trinajstić information content (AvgIpc) is 2.43. The number of anilines is 1. The smallest absolute Gasteiger partial charge is 0.0998 e. The summed E-state index contributed by atoms with van der Waals surface area (Å²) in [5, 5.41) is 11.3. The largest absolute Gasteiger partial charge is 0.365 e. The minimum Gasteiger partial charge on any atom is -0.365 e. The maximum Gasteiger partial charge on any atom is 0.0998 e. The summed E-state index contributed by atoms with van der Waals surface area (Å²) in [5.41, 5.74) is 1.88. The summed E-state index contributed by atoms with van der Waals surface area (Å²) in [4.78, 5) is 2.29. The van der Waals surface area contributed by atoms with Gasteiger partial charge in [0.15, 0.2) is 0 Å². The normalized spacial score (nSPS) is 10.4. The van der Waals surface area contributed by atoms with E-state index in [1.807, 2.05) is 36.4 Å². The Morgan fingerprint density at radius 1 is 1.21 bits per heavy atom. The molecule has 0 aliphatic carbocycles.